The molecule has 122 valence electrons. The van der Waals surface area contributed by atoms with E-state index in [1.807, 2.05) is 43.5 Å². The van der Waals surface area contributed by atoms with Crippen LogP contribution >= 0.6 is 11.3 Å². The lowest BCUT2D eigenvalue weighted by atomic mass is 10.1. The summed E-state index contributed by atoms with van der Waals surface area (Å²) in [7, 11) is 0. The summed E-state index contributed by atoms with van der Waals surface area (Å²) < 4.78 is 0. The minimum atomic E-state index is -0.0624. The van der Waals surface area contributed by atoms with Crippen molar-refractivity contribution in [3.05, 3.63) is 57.8 Å². The quantitative estimate of drug-likeness (QED) is 0.819. The second kappa shape index (κ2) is 8.48. The van der Waals surface area contributed by atoms with Crippen LogP contribution in [0.15, 0.2) is 41.8 Å². The first-order valence-corrected chi connectivity index (χ1v) is 8.65. The number of hydrogen-bond acceptors (Lipinski definition) is 3. The molecule has 0 spiro atoms. The van der Waals surface area contributed by atoms with Crippen molar-refractivity contribution in [2.45, 2.75) is 39.3 Å². The smallest absolute Gasteiger partial charge is 0.251 e. The predicted molar refractivity (Wildman–Crippen MR) is 93.5 cm³/mol. The normalized spacial score (nSPS) is 11.7. The van der Waals surface area contributed by atoms with Crippen LogP contribution in [0.1, 0.15) is 41.1 Å². The maximum absolute atomic E-state index is 12.0. The number of carbonyl (C=O) groups is 2. The maximum atomic E-state index is 12.0. The summed E-state index contributed by atoms with van der Waals surface area (Å²) in [6.45, 7) is 4.49. The van der Waals surface area contributed by atoms with Crippen molar-refractivity contribution in [2.24, 2.45) is 0 Å². The number of amides is 2. The Balaban J connectivity index is 1.82. The summed E-state index contributed by atoms with van der Waals surface area (Å²) in [6, 6.07) is 11.4. The molecule has 0 saturated heterocycles. The summed E-state index contributed by atoms with van der Waals surface area (Å²) in [4.78, 5) is 24.9. The Morgan fingerprint density at radius 1 is 1.17 bits per heavy atom. The van der Waals surface area contributed by atoms with Gasteiger partial charge in [-0.15, -0.1) is 11.3 Å². The van der Waals surface area contributed by atoms with Gasteiger partial charge in [0.15, 0.2) is 0 Å². The van der Waals surface area contributed by atoms with E-state index in [4.69, 9.17) is 0 Å². The molecule has 0 aliphatic heterocycles. The molecule has 4 nitrogen and oxygen atoms in total. The average Bonchev–Trinajstić information content (AvgIpc) is 3.06. The van der Waals surface area contributed by atoms with Crippen molar-refractivity contribution in [3.63, 3.8) is 0 Å². The van der Waals surface area contributed by atoms with Gasteiger partial charge >= 0.3 is 0 Å². The van der Waals surface area contributed by atoms with Crippen molar-refractivity contribution in [1.82, 2.24) is 10.6 Å². The van der Waals surface area contributed by atoms with E-state index < -0.39 is 0 Å². The first-order valence-electron chi connectivity index (χ1n) is 7.77. The molecule has 1 heterocycles. The molecule has 5 heteroatoms. The van der Waals surface area contributed by atoms with Gasteiger partial charge in [0.05, 0.1) is 6.42 Å². The first kappa shape index (κ1) is 17.2. The van der Waals surface area contributed by atoms with Gasteiger partial charge in [-0.1, -0.05) is 25.1 Å². The molecule has 2 rings (SSSR count). The Kier molecular flexibility index (Phi) is 6.35. The zero-order valence-corrected chi connectivity index (χ0v) is 14.3. The number of thiophene rings is 1. The van der Waals surface area contributed by atoms with Gasteiger partial charge in [-0.2, -0.15) is 0 Å². The largest absolute Gasteiger partial charge is 0.352 e. The van der Waals surface area contributed by atoms with Crippen molar-refractivity contribution in [2.75, 3.05) is 0 Å². The van der Waals surface area contributed by atoms with Gasteiger partial charge in [-0.05, 0) is 42.5 Å². The molecule has 0 fully saturated rings. The number of hydrogen-bond donors (Lipinski definition) is 2. The molecular formula is C18H22N2O2S. The highest BCUT2D eigenvalue weighted by Crippen LogP contribution is 2.09. The van der Waals surface area contributed by atoms with Gasteiger partial charge in [-0.3, -0.25) is 9.59 Å². The number of benzene rings is 1. The number of nitrogens with one attached hydrogen (secondary N) is 2. The van der Waals surface area contributed by atoms with Gasteiger partial charge in [0, 0.05) is 23.0 Å². The van der Waals surface area contributed by atoms with Crippen LogP contribution in [0.5, 0.6) is 0 Å². The van der Waals surface area contributed by atoms with Crippen molar-refractivity contribution in [1.29, 1.82) is 0 Å². The first-order chi connectivity index (χ1) is 11.1. The lowest BCUT2D eigenvalue weighted by Gasteiger charge is -2.11. The van der Waals surface area contributed by atoms with Crippen LogP contribution in [0, 0.1) is 0 Å². The third-order valence-corrected chi connectivity index (χ3v) is 4.49. The van der Waals surface area contributed by atoms with Crippen molar-refractivity contribution < 1.29 is 9.59 Å². The molecule has 0 radical (unpaired) electrons. The van der Waals surface area contributed by atoms with Crippen LogP contribution in [0.3, 0.4) is 0 Å². The topological polar surface area (TPSA) is 58.2 Å². The van der Waals surface area contributed by atoms with Gasteiger partial charge in [0.25, 0.3) is 5.91 Å². The van der Waals surface area contributed by atoms with E-state index in [-0.39, 0.29) is 17.9 Å². The van der Waals surface area contributed by atoms with E-state index in [9.17, 15) is 9.59 Å². The molecule has 0 saturated carbocycles. The summed E-state index contributed by atoms with van der Waals surface area (Å²) in [5.74, 6) is -0.0568. The predicted octanol–water partition coefficient (Wildman–Crippen LogP) is 3.14. The molecule has 1 aromatic carbocycles. The summed E-state index contributed by atoms with van der Waals surface area (Å²) in [6.07, 6.45) is 1.31. The lowest BCUT2D eigenvalue weighted by Crippen LogP contribution is -2.31. The fraction of sp³-hybridized carbons (Fsp3) is 0.333. The third kappa shape index (κ3) is 5.53. The molecule has 1 aromatic heterocycles. The Hall–Kier alpha value is -2.14. The molecular weight excluding hydrogens is 308 g/mol. The Labute approximate surface area is 140 Å². The molecule has 0 aliphatic rings. The zero-order valence-electron chi connectivity index (χ0n) is 13.5. The Morgan fingerprint density at radius 3 is 2.52 bits per heavy atom. The van der Waals surface area contributed by atoms with Crippen LogP contribution < -0.4 is 10.6 Å². The maximum Gasteiger partial charge on any atom is 0.251 e. The molecule has 0 bridgehead atoms. The van der Waals surface area contributed by atoms with E-state index in [0.29, 0.717) is 18.5 Å². The van der Waals surface area contributed by atoms with Crippen molar-refractivity contribution >= 4 is 23.2 Å². The van der Waals surface area contributed by atoms with E-state index in [1.165, 1.54) is 0 Å². The van der Waals surface area contributed by atoms with Gasteiger partial charge in [-0.25, -0.2) is 0 Å². The SMILES string of the molecule is CC[C@@H](C)NC(=O)c1ccc(CNC(=O)Cc2cccs2)cc1. The Bertz CT molecular complexity index is 636. The molecule has 23 heavy (non-hydrogen) atoms. The third-order valence-electron chi connectivity index (χ3n) is 3.61. The van der Waals surface area contributed by atoms with Crippen molar-refractivity contribution in [3.8, 4) is 0 Å². The fourth-order valence-electron chi connectivity index (χ4n) is 2.02. The molecule has 2 N–H and O–H groups in total. The second-order valence-corrected chi connectivity index (χ2v) is 6.54. The van der Waals surface area contributed by atoms with E-state index in [0.717, 1.165) is 16.9 Å². The number of carbonyl (C=O) groups excluding carboxylic acids is 2. The van der Waals surface area contributed by atoms with Crippen LogP contribution in [-0.4, -0.2) is 17.9 Å². The highest BCUT2D eigenvalue weighted by molar-refractivity contribution is 7.10. The minimum absolute atomic E-state index is 0.00559. The fourth-order valence-corrected chi connectivity index (χ4v) is 2.72. The zero-order chi connectivity index (χ0) is 16.7. The monoisotopic (exact) mass is 330 g/mol. The highest BCUT2D eigenvalue weighted by atomic mass is 32.1. The van der Waals surface area contributed by atoms with Crippen LogP contribution in [0.2, 0.25) is 0 Å². The molecule has 2 aromatic rings. The number of rotatable bonds is 7. The van der Waals surface area contributed by atoms with Gasteiger partial charge in [0.1, 0.15) is 0 Å². The molecule has 0 aliphatic carbocycles. The summed E-state index contributed by atoms with van der Waals surface area (Å²) >= 11 is 1.58. The van der Waals surface area contributed by atoms with E-state index >= 15 is 0 Å². The highest BCUT2D eigenvalue weighted by Gasteiger charge is 2.08. The van der Waals surface area contributed by atoms with E-state index in [1.54, 1.807) is 23.5 Å². The van der Waals surface area contributed by atoms with Gasteiger partial charge < -0.3 is 10.6 Å². The van der Waals surface area contributed by atoms with Crippen LogP contribution in [0.4, 0.5) is 0 Å². The molecule has 2 amide bonds. The Morgan fingerprint density at radius 2 is 1.91 bits per heavy atom. The summed E-state index contributed by atoms with van der Waals surface area (Å²) in [5, 5.41) is 7.79. The molecule has 0 unspecified atom stereocenters. The minimum Gasteiger partial charge on any atom is -0.352 e. The second-order valence-electron chi connectivity index (χ2n) is 5.51. The van der Waals surface area contributed by atoms with Crippen LogP contribution in [-0.2, 0) is 17.8 Å². The molecule has 1 atom stereocenters. The van der Waals surface area contributed by atoms with Crippen LogP contribution in [0.25, 0.3) is 0 Å². The summed E-state index contributed by atoms with van der Waals surface area (Å²) in [5.41, 5.74) is 1.61. The standard InChI is InChI=1S/C18H22N2O2S/c1-3-13(2)20-18(22)15-8-6-14(7-9-15)12-19-17(21)11-16-5-4-10-23-16/h4-10,13H,3,11-12H2,1-2H3,(H,19,21)(H,20,22)/t13-/m1/s1. The average molecular weight is 330 g/mol. The van der Waals surface area contributed by atoms with Gasteiger partial charge in [0.2, 0.25) is 5.91 Å². The lowest BCUT2D eigenvalue weighted by molar-refractivity contribution is -0.120. The van der Waals surface area contributed by atoms with E-state index in [2.05, 4.69) is 10.6 Å².